The molecule has 1 saturated heterocycles. The quantitative estimate of drug-likeness (QED) is 0.876. The molecule has 1 aliphatic rings. The molecule has 21 heavy (non-hydrogen) atoms. The maximum atomic E-state index is 12.7. The first-order chi connectivity index (χ1) is 10.1. The summed E-state index contributed by atoms with van der Waals surface area (Å²) in [6.07, 6.45) is 5.89. The van der Waals surface area contributed by atoms with Crippen molar-refractivity contribution < 1.29 is 4.79 Å². The van der Waals surface area contributed by atoms with Crippen molar-refractivity contribution in [3.05, 3.63) is 34.0 Å². The molecule has 0 spiro atoms. The van der Waals surface area contributed by atoms with Crippen LogP contribution in [0.2, 0.25) is 0 Å². The minimum Gasteiger partial charge on any atom is -0.330 e. The van der Waals surface area contributed by atoms with Gasteiger partial charge in [0.1, 0.15) is 5.69 Å². The third-order valence-electron chi connectivity index (χ3n) is 3.86. The normalized spacial score (nSPS) is 18.7. The summed E-state index contributed by atoms with van der Waals surface area (Å²) in [7, 11) is 1.90. The Hall–Kier alpha value is -1.69. The second kappa shape index (κ2) is 5.60. The van der Waals surface area contributed by atoms with Gasteiger partial charge in [-0.3, -0.25) is 9.48 Å². The number of aromatic nitrogens is 3. The highest BCUT2D eigenvalue weighted by Gasteiger charge is 2.32. The average molecular weight is 304 g/mol. The van der Waals surface area contributed by atoms with Crippen LogP contribution >= 0.6 is 11.3 Å². The number of amides is 1. The SMILES string of the molecule is CC(C)c1nc(C(=O)N2CCCC2c2cnn(C)c2)cs1. The van der Waals surface area contributed by atoms with Crippen molar-refractivity contribution in [3.8, 4) is 0 Å². The van der Waals surface area contributed by atoms with E-state index in [4.69, 9.17) is 0 Å². The molecule has 0 saturated carbocycles. The van der Waals surface area contributed by atoms with Crippen LogP contribution in [0.4, 0.5) is 0 Å². The highest BCUT2D eigenvalue weighted by molar-refractivity contribution is 7.09. The van der Waals surface area contributed by atoms with Gasteiger partial charge in [0.15, 0.2) is 0 Å². The summed E-state index contributed by atoms with van der Waals surface area (Å²) in [5.41, 5.74) is 1.70. The first-order valence-electron chi connectivity index (χ1n) is 7.31. The molecule has 3 heterocycles. The van der Waals surface area contributed by atoms with E-state index in [2.05, 4.69) is 23.9 Å². The number of carbonyl (C=O) groups is 1. The number of aryl methyl sites for hydroxylation is 1. The number of hydrogen-bond acceptors (Lipinski definition) is 4. The zero-order valence-corrected chi connectivity index (χ0v) is 13.4. The third-order valence-corrected chi connectivity index (χ3v) is 5.00. The molecule has 0 aromatic carbocycles. The molecule has 1 atom stereocenters. The number of rotatable bonds is 3. The Kier molecular flexibility index (Phi) is 3.80. The van der Waals surface area contributed by atoms with Crippen molar-refractivity contribution in [1.82, 2.24) is 19.7 Å². The van der Waals surface area contributed by atoms with Crippen molar-refractivity contribution in [1.29, 1.82) is 0 Å². The Labute approximate surface area is 128 Å². The van der Waals surface area contributed by atoms with E-state index in [1.165, 1.54) is 0 Å². The second-order valence-corrected chi connectivity index (χ2v) is 6.72. The van der Waals surface area contributed by atoms with Crippen molar-refractivity contribution in [3.63, 3.8) is 0 Å². The van der Waals surface area contributed by atoms with Gasteiger partial charge in [-0.05, 0) is 12.8 Å². The topological polar surface area (TPSA) is 51.0 Å². The molecule has 5 nitrogen and oxygen atoms in total. The third kappa shape index (κ3) is 2.72. The number of nitrogens with zero attached hydrogens (tertiary/aromatic N) is 4. The van der Waals surface area contributed by atoms with Gasteiger partial charge in [-0.15, -0.1) is 11.3 Å². The van der Waals surface area contributed by atoms with Crippen LogP contribution in [-0.2, 0) is 7.05 Å². The fourth-order valence-corrected chi connectivity index (χ4v) is 3.58. The largest absolute Gasteiger partial charge is 0.330 e. The maximum absolute atomic E-state index is 12.7. The minimum absolute atomic E-state index is 0.0458. The molecular formula is C15H20N4OS. The van der Waals surface area contributed by atoms with Crippen LogP contribution in [0.1, 0.15) is 59.7 Å². The summed E-state index contributed by atoms with van der Waals surface area (Å²) in [6.45, 7) is 5.00. The van der Waals surface area contributed by atoms with E-state index in [9.17, 15) is 4.79 Å². The molecule has 0 N–H and O–H groups in total. The molecule has 6 heteroatoms. The monoisotopic (exact) mass is 304 g/mol. The van der Waals surface area contributed by atoms with Gasteiger partial charge in [0.2, 0.25) is 0 Å². The molecule has 112 valence electrons. The van der Waals surface area contributed by atoms with Crippen LogP contribution in [0.15, 0.2) is 17.8 Å². The Morgan fingerprint density at radius 1 is 1.48 bits per heavy atom. The van der Waals surface area contributed by atoms with E-state index >= 15 is 0 Å². The zero-order chi connectivity index (χ0) is 15.0. The van der Waals surface area contributed by atoms with Crippen LogP contribution < -0.4 is 0 Å². The molecule has 1 unspecified atom stereocenters. The van der Waals surface area contributed by atoms with Gasteiger partial charge in [0.25, 0.3) is 5.91 Å². The summed E-state index contributed by atoms with van der Waals surface area (Å²) in [6, 6.07) is 0.135. The van der Waals surface area contributed by atoms with Crippen molar-refractivity contribution in [2.24, 2.45) is 7.05 Å². The van der Waals surface area contributed by atoms with Crippen LogP contribution in [0, 0.1) is 0 Å². The Balaban J connectivity index is 1.82. The van der Waals surface area contributed by atoms with Gasteiger partial charge < -0.3 is 4.90 Å². The van der Waals surface area contributed by atoms with E-state index < -0.39 is 0 Å². The van der Waals surface area contributed by atoms with Gasteiger partial charge in [-0.25, -0.2) is 4.98 Å². The van der Waals surface area contributed by atoms with Crippen molar-refractivity contribution in [2.45, 2.75) is 38.6 Å². The smallest absolute Gasteiger partial charge is 0.273 e. The average Bonchev–Trinajstić information content (AvgIpc) is 3.17. The van der Waals surface area contributed by atoms with Gasteiger partial charge in [-0.1, -0.05) is 13.8 Å². The fraction of sp³-hybridized carbons (Fsp3) is 0.533. The summed E-state index contributed by atoms with van der Waals surface area (Å²) in [4.78, 5) is 19.2. The van der Waals surface area contributed by atoms with E-state index in [1.54, 1.807) is 16.0 Å². The Morgan fingerprint density at radius 3 is 2.90 bits per heavy atom. The lowest BCUT2D eigenvalue weighted by molar-refractivity contribution is 0.0730. The first kappa shape index (κ1) is 14.3. The summed E-state index contributed by atoms with van der Waals surface area (Å²) in [5, 5.41) is 7.13. The van der Waals surface area contributed by atoms with Crippen molar-refractivity contribution in [2.75, 3.05) is 6.54 Å². The molecule has 1 fully saturated rings. The van der Waals surface area contributed by atoms with Crippen LogP contribution in [0.3, 0.4) is 0 Å². The number of carbonyl (C=O) groups excluding carboxylic acids is 1. The van der Waals surface area contributed by atoms with E-state index in [1.807, 2.05) is 29.7 Å². The zero-order valence-electron chi connectivity index (χ0n) is 12.6. The standard InChI is InChI=1S/C15H20N4OS/c1-10(2)14-17-12(9-21-14)15(20)19-6-4-5-13(19)11-7-16-18(3)8-11/h7-10,13H,4-6H2,1-3H3. The molecule has 1 amide bonds. The predicted molar refractivity (Wildman–Crippen MR) is 82.4 cm³/mol. The van der Waals surface area contributed by atoms with Gasteiger partial charge >= 0.3 is 0 Å². The molecule has 1 aliphatic heterocycles. The highest BCUT2D eigenvalue weighted by Crippen LogP contribution is 2.33. The molecule has 0 aliphatic carbocycles. The Bertz CT molecular complexity index is 646. The van der Waals surface area contributed by atoms with Crippen LogP contribution in [0.25, 0.3) is 0 Å². The lowest BCUT2D eigenvalue weighted by atomic mass is 10.1. The van der Waals surface area contributed by atoms with Crippen LogP contribution in [0.5, 0.6) is 0 Å². The number of likely N-dealkylation sites (tertiary alicyclic amines) is 1. The lowest BCUT2D eigenvalue weighted by Gasteiger charge is -2.23. The molecule has 2 aromatic heterocycles. The molecule has 3 rings (SSSR count). The first-order valence-corrected chi connectivity index (χ1v) is 8.19. The summed E-state index contributed by atoms with van der Waals surface area (Å²) >= 11 is 1.57. The Morgan fingerprint density at radius 2 is 2.29 bits per heavy atom. The summed E-state index contributed by atoms with van der Waals surface area (Å²) in [5.74, 6) is 0.411. The van der Waals surface area contributed by atoms with Gasteiger partial charge in [-0.2, -0.15) is 5.10 Å². The minimum atomic E-state index is 0.0458. The van der Waals surface area contributed by atoms with E-state index in [-0.39, 0.29) is 11.9 Å². The molecule has 0 bridgehead atoms. The molecule has 0 radical (unpaired) electrons. The fourth-order valence-electron chi connectivity index (χ4n) is 2.77. The van der Waals surface area contributed by atoms with Gasteiger partial charge in [0, 0.05) is 36.7 Å². The highest BCUT2D eigenvalue weighted by atomic mass is 32.1. The second-order valence-electron chi connectivity index (χ2n) is 5.83. The molecular weight excluding hydrogens is 284 g/mol. The van der Waals surface area contributed by atoms with E-state index in [0.29, 0.717) is 11.6 Å². The maximum Gasteiger partial charge on any atom is 0.273 e. The van der Waals surface area contributed by atoms with Crippen molar-refractivity contribution >= 4 is 17.2 Å². The number of thiazole rings is 1. The molecule has 2 aromatic rings. The lowest BCUT2D eigenvalue weighted by Crippen LogP contribution is -2.30. The summed E-state index contributed by atoms with van der Waals surface area (Å²) < 4.78 is 1.79. The predicted octanol–water partition coefficient (Wildman–Crippen LogP) is 2.98. The van der Waals surface area contributed by atoms with Crippen LogP contribution in [-0.4, -0.2) is 32.1 Å². The van der Waals surface area contributed by atoms with E-state index in [0.717, 1.165) is 30.0 Å². The number of hydrogen-bond donors (Lipinski definition) is 0. The van der Waals surface area contributed by atoms with Gasteiger partial charge in [0.05, 0.1) is 17.2 Å².